The van der Waals surface area contributed by atoms with Crippen molar-refractivity contribution in [3.8, 4) is 0 Å². The summed E-state index contributed by atoms with van der Waals surface area (Å²) in [6, 6.07) is 5.05. The summed E-state index contributed by atoms with van der Waals surface area (Å²) in [5.41, 5.74) is 1.83. The Kier molecular flexibility index (Phi) is 4.43. The van der Waals surface area contributed by atoms with Gasteiger partial charge in [-0.1, -0.05) is 0 Å². The number of benzene rings is 1. The first-order valence-electron chi connectivity index (χ1n) is 9.11. The van der Waals surface area contributed by atoms with Crippen molar-refractivity contribution < 1.29 is 12.8 Å². The molecule has 1 aliphatic heterocycles. The van der Waals surface area contributed by atoms with Crippen molar-refractivity contribution in [2.45, 2.75) is 36.0 Å². The van der Waals surface area contributed by atoms with E-state index in [4.69, 9.17) is 4.98 Å². The van der Waals surface area contributed by atoms with E-state index in [1.54, 1.807) is 0 Å². The summed E-state index contributed by atoms with van der Waals surface area (Å²) in [6.45, 7) is 0.881. The van der Waals surface area contributed by atoms with Gasteiger partial charge in [0.1, 0.15) is 5.82 Å². The van der Waals surface area contributed by atoms with Crippen molar-refractivity contribution in [2.24, 2.45) is 0 Å². The third-order valence-corrected chi connectivity index (χ3v) is 7.48. The summed E-state index contributed by atoms with van der Waals surface area (Å²) in [4.78, 5) is 11.2. The van der Waals surface area contributed by atoms with Crippen LogP contribution in [0.3, 0.4) is 0 Å². The van der Waals surface area contributed by atoms with E-state index < -0.39 is 15.8 Å². The maximum absolute atomic E-state index is 13.2. The van der Waals surface area contributed by atoms with E-state index in [0.29, 0.717) is 19.0 Å². The van der Waals surface area contributed by atoms with Gasteiger partial charge >= 0.3 is 0 Å². The van der Waals surface area contributed by atoms with Crippen LogP contribution in [0.25, 0.3) is 0 Å². The summed E-state index contributed by atoms with van der Waals surface area (Å²) >= 11 is 0. The molecule has 4 rings (SSSR count). The molecule has 1 atom stereocenters. The Bertz CT molecular complexity index is 958. The van der Waals surface area contributed by atoms with Crippen LogP contribution < -0.4 is 4.90 Å². The SMILES string of the molecule is CN(C)c1ncc2c(n1)C1(CCCN(S(=O)(=O)c3ccc(F)cc3)C1)CC2. The average molecular weight is 390 g/mol. The van der Waals surface area contributed by atoms with Crippen molar-refractivity contribution in [1.82, 2.24) is 14.3 Å². The van der Waals surface area contributed by atoms with Gasteiger partial charge in [-0.25, -0.2) is 22.8 Å². The van der Waals surface area contributed by atoms with Crippen LogP contribution in [0.4, 0.5) is 10.3 Å². The number of nitrogens with zero attached hydrogens (tertiary/aromatic N) is 4. The third kappa shape index (κ3) is 3.10. The highest BCUT2D eigenvalue weighted by Gasteiger charge is 2.46. The zero-order chi connectivity index (χ0) is 19.2. The van der Waals surface area contributed by atoms with Gasteiger partial charge in [0.15, 0.2) is 0 Å². The lowest BCUT2D eigenvalue weighted by atomic mass is 9.78. The van der Waals surface area contributed by atoms with Crippen molar-refractivity contribution in [3.63, 3.8) is 0 Å². The lowest BCUT2D eigenvalue weighted by Crippen LogP contribution is -2.47. The Balaban J connectivity index is 1.68. The van der Waals surface area contributed by atoms with Crippen LogP contribution >= 0.6 is 0 Å². The normalized spacial score (nSPS) is 22.8. The molecule has 1 saturated heterocycles. The molecule has 144 valence electrons. The second kappa shape index (κ2) is 6.53. The Hall–Kier alpha value is -2.06. The second-order valence-electron chi connectivity index (χ2n) is 7.61. The molecule has 0 radical (unpaired) electrons. The summed E-state index contributed by atoms with van der Waals surface area (Å²) in [7, 11) is 0.138. The molecule has 8 heteroatoms. The molecular weight excluding hydrogens is 367 g/mol. The van der Waals surface area contributed by atoms with Crippen LogP contribution in [-0.4, -0.2) is 49.9 Å². The predicted octanol–water partition coefficient (Wildman–Crippen LogP) is 2.35. The summed E-state index contributed by atoms with van der Waals surface area (Å²) in [6.07, 6.45) is 5.32. The lowest BCUT2D eigenvalue weighted by Gasteiger charge is -2.39. The highest BCUT2D eigenvalue weighted by Crippen LogP contribution is 2.45. The van der Waals surface area contributed by atoms with Crippen LogP contribution in [0, 0.1) is 5.82 Å². The number of aryl methyl sites for hydroxylation is 1. The highest BCUT2D eigenvalue weighted by molar-refractivity contribution is 7.89. The second-order valence-corrected chi connectivity index (χ2v) is 9.55. The summed E-state index contributed by atoms with van der Waals surface area (Å²) < 4.78 is 40.9. The number of rotatable bonds is 3. The van der Waals surface area contributed by atoms with Crippen LogP contribution in [0.5, 0.6) is 0 Å². The zero-order valence-corrected chi connectivity index (χ0v) is 16.3. The van der Waals surface area contributed by atoms with E-state index >= 15 is 0 Å². The monoisotopic (exact) mass is 390 g/mol. The first-order valence-corrected chi connectivity index (χ1v) is 10.6. The number of sulfonamides is 1. The minimum atomic E-state index is -3.66. The summed E-state index contributed by atoms with van der Waals surface area (Å²) in [5, 5.41) is 0. The lowest BCUT2D eigenvalue weighted by molar-refractivity contribution is 0.219. The van der Waals surface area contributed by atoms with Crippen LogP contribution in [0.15, 0.2) is 35.4 Å². The quantitative estimate of drug-likeness (QED) is 0.805. The molecule has 0 N–H and O–H groups in total. The fourth-order valence-corrected chi connectivity index (χ4v) is 5.76. The van der Waals surface area contributed by atoms with E-state index in [2.05, 4.69) is 4.98 Å². The van der Waals surface area contributed by atoms with Crippen LogP contribution in [0.2, 0.25) is 0 Å². The zero-order valence-electron chi connectivity index (χ0n) is 15.5. The maximum Gasteiger partial charge on any atom is 0.243 e. The van der Waals surface area contributed by atoms with E-state index in [0.717, 1.165) is 36.9 Å². The molecule has 1 aromatic heterocycles. The molecule has 2 heterocycles. The fraction of sp³-hybridized carbons (Fsp3) is 0.474. The van der Waals surface area contributed by atoms with Gasteiger partial charge in [0.2, 0.25) is 16.0 Å². The first kappa shape index (κ1) is 18.3. The van der Waals surface area contributed by atoms with Gasteiger partial charge < -0.3 is 4.90 Å². The van der Waals surface area contributed by atoms with Gasteiger partial charge in [0, 0.05) is 38.8 Å². The van der Waals surface area contributed by atoms with E-state index in [-0.39, 0.29) is 10.3 Å². The topological polar surface area (TPSA) is 66.4 Å². The van der Waals surface area contributed by atoms with Gasteiger partial charge in [-0.2, -0.15) is 4.31 Å². The maximum atomic E-state index is 13.2. The minimum absolute atomic E-state index is 0.135. The smallest absolute Gasteiger partial charge is 0.243 e. The number of fused-ring (bicyclic) bond motifs is 2. The van der Waals surface area contributed by atoms with E-state index in [9.17, 15) is 12.8 Å². The molecule has 0 bridgehead atoms. The molecule has 0 saturated carbocycles. The number of aromatic nitrogens is 2. The van der Waals surface area contributed by atoms with Crippen molar-refractivity contribution >= 4 is 16.0 Å². The number of hydrogen-bond donors (Lipinski definition) is 0. The number of anilines is 1. The van der Waals surface area contributed by atoms with E-state index in [1.165, 1.54) is 28.6 Å². The van der Waals surface area contributed by atoms with Gasteiger partial charge in [0.25, 0.3) is 0 Å². The highest BCUT2D eigenvalue weighted by atomic mass is 32.2. The van der Waals surface area contributed by atoms with Crippen molar-refractivity contribution in [2.75, 3.05) is 32.1 Å². The van der Waals surface area contributed by atoms with Crippen molar-refractivity contribution in [1.29, 1.82) is 0 Å². The molecule has 6 nitrogen and oxygen atoms in total. The van der Waals surface area contributed by atoms with Gasteiger partial charge in [-0.05, 0) is 55.5 Å². The van der Waals surface area contributed by atoms with Crippen LogP contribution in [-0.2, 0) is 21.9 Å². The number of hydrogen-bond acceptors (Lipinski definition) is 5. The molecule has 27 heavy (non-hydrogen) atoms. The van der Waals surface area contributed by atoms with Crippen molar-refractivity contribution in [3.05, 3.63) is 47.5 Å². The van der Waals surface area contributed by atoms with Gasteiger partial charge in [-0.3, -0.25) is 0 Å². The van der Waals surface area contributed by atoms with Gasteiger partial charge in [-0.15, -0.1) is 0 Å². The molecule has 1 fully saturated rings. The molecule has 2 aliphatic rings. The standard InChI is InChI=1S/C19H23FN4O2S/c1-23(2)18-21-12-14-8-10-19(17(14)22-18)9-3-11-24(13-19)27(25,26)16-6-4-15(20)5-7-16/h4-7,12H,3,8-11,13H2,1-2H3. The molecule has 1 spiro atoms. The largest absolute Gasteiger partial charge is 0.347 e. The van der Waals surface area contributed by atoms with Crippen LogP contribution in [0.1, 0.15) is 30.5 Å². The van der Waals surface area contributed by atoms with E-state index in [1.807, 2.05) is 25.2 Å². The van der Waals surface area contributed by atoms with Gasteiger partial charge in [0.05, 0.1) is 10.6 Å². The Morgan fingerprint density at radius 3 is 2.63 bits per heavy atom. The molecule has 0 amide bonds. The summed E-state index contributed by atoms with van der Waals surface area (Å²) in [5.74, 6) is 0.204. The molecule has 2 aromatic rings. The average Bonchev–Trinajstić information content (AvgIpc) is 2.99. The molecule has 1 aromatic carbocycles. The first-order chi connectivity index (χ1) is 12.8. The third-order valence-electron chi connectivity index (χ3n) is 5.62. The molecule has 1 aliphatic carbocycles. The minimum Gasteiger partial charge on any atom is -0.347 e. The predicted molar refractivity (Wildman–Crippen MR) is 101 cm³/mol. The number of piperidine rings is 1. The molecule has 1 unspecified atom stereocenters. The fourth-order valence-electron chi connectivity index (χ4n) is 4.20. The number of halogens is 1. The Morgan fingerprint density at radius 2 is 1.93 bits per heavy atom. The molecular formula is C19H23FN4O2S. The Morgan fingerprint density at radius 1 is 1.19 bits per heavy atom. The Labute approximate surface area is 159 Å².